The van der Waals surface area contributed by atoms with Crippen LogP contribution in [0.15, 0.2) is 30.3 Å². The number of rotatable bonds is 5. The number of anilines is 2. The summed E-state index contributed by atoms with van der Waals surface area (Å²) in [5.41, 5.74) is 1.89. The molecule has 0 radical (unpaired) electrons. The Morgan fingerprint density at radius 3 is 2.11 bits per heavy atom. The van der Waals surface area contributed by atoms with Gasteiger partial charge in [0.05, 0.1) is 10.6 Å². The van der Waals surface area contributed by atoms with Crippen LogP contribution in [0.25, 0.3) is 0 Å². The van der Waals surface area contributed by atoms with E-state index in [1.54, 1.807) is 12.1 Å². The fourth-order valence-corrected chi connectivity index (χ4v) is 6.62. The molecule has 3 amide bonds. The predicted molar refractivity (Wildman–Crippen MR) is 172 cm³/mol. The van der Waals surface area contributed by atoms with Crippen molar-refractivity contribution in [2.24, 2.45) is 0 Å². The van der Waals surface area contributed by atoms with Crippen LogP contribution in [0.4, 0.5) is 16.3 Å². The standard InChI is InChI=1S/C32H44ClN9O2/c1-32(2,3)42-19-17-41(18-20-42)31(44)40-15-13-39(14-16-40)29-12-11-28(36-37-29)30(43)35-24-6-9-25(10-7-24)38(4)26-8-5-23(22-34)27(33)21-26/h5,8,11-12,21,24-25H,6-7,9-10,13-20H2,1-4H3,(H,35,43). The summed E-state index contributed by atoms with van der Waals surface area (Å²) in [6.07, 6.45) is 3.60. The van der Waals surface area contributed by atoms with Crippen LogP contribution in [0.5, 0.6) is 0 Å². The van der Waals surface area contributed by atoms with E-state index in [0.717, 1.165) is 63.4 Å². The first-order valence-corrected chi connectivity index (χ1v) is 16.0. The van der Waals surface area contributed by atoms with E-state index >= 15 is 0 Å². The van der Waals surface area contributed by atoms with Crippen LogP contribution in [-0.2, 0) is 0 Å². The number of nitriles is 1. The average Bonchev–Trinajstić information content (AvgIpc) is 3.04. The molecule has 1 saturated carbocycles. The van der Waals surface area contributed by atoms with Gasteiger partial charge in [-0.15, -0.1) is 10.2 Å². The van der Waals surface area contributed by atoms with Gasteiger partial charge in [-0.2, -0.15) is 5.26 Å². The molecule has 0 unspecified atom stereocenters. The van der Waals surface area contributed by atoms with Crippen LogP contribution in [0.2, 0.25) is 5.02 Å². The molecular weight excluding hydrogens is 578 g/mol. The molecule has 11 nitrogen and oxygen atoms in total. The number of aromatic nitrogens is 2. The molecule has 0 atom stereocenters. The van der Waals surface area contributed by atoms with Crippen molar-refractivity contribution >= 4 is 35.0 Å². The highest BCUT2D eigenvalue weighted by Crippen LogP contribution is 2.29. The van der Waals surface area contributed by atoms with Crippen molar-refractivity contribution in [3.8, 4) is 6.07 Å². The zero-order valence-electron chi connectivity index (χ0n) is 26.3. The number of urea groups is 1. The van der Waals surface area contributed by atoms with Gasteiger partial charge in [-0.25, -0.2) is 4.79 Å². The first kappa shape index (κ1) is 31.8. The van der Waals surface area contributed by atoms with Crippen molar-refractivity contribution < 1.29 is 9.59 Å². The summed E-state index contributed by atoms with van der Waals surface area (Å²) in [6.45, 7) is 12.6. The van der Waals surface area contributed by atoms with Gasteiger partial charge in [-0.3, -0.25) is 9.69 Å². The Morgan fingerprint density at radius 2 is 1.57 bits per heavy atom. The molecule has 236 valence electrons. The quantitative estimate of drug-likeness (QED) is 0.536. The number of carbonyl (C=O) groups excluding carboxylic acids is 2. The highest BCUT2D eigenvalue weighted by molar-refractivity contribution is 6.32. The fraction of sp³-hybridized carbons (Fsp3) is 0.594. The molecule has 3 fully saturated rings. The maximum atomic E-state index is 13.1. The van der Waals surface area contributed by atoms with Gasteiger partial charge >= 0.3 is 6.03 Å². The van der Waals surface area contributed by atoms with Gasteiger partial charge in [0.1, 0.15) is 6.07 Å². The van der Waals surface area contributed by atoms with Crippen molar-refractivity contribution in [1.82, 2.24) is 30.2 Å². The lowest BCUT2D eigenvalue weighted by molar-refractivity contribution is 0.0634. The highest BCUT2D eigenvalue weighted by atomic mass is 35.5. The molecule has 1 N–H and O–H groups in total. The summed E-state index contributed by atoms with van der Waals surface area (Å²) >= 11 is 6.24. The van der Waals surface area contributed by atoms with E-state index in [1.807, 2.05) is 35.0 Å². The summed E-state index contributed by atoms with van der Waals surface area (Å²) in [4.78, 5) is 36.7. The smallest absolute Gasteiger partial charge is 0.320 e. The Bertz CT molecular complexity index is 1350. The molecule has 1 aromatic heterocycles. The molecule has 12 heteroatoms. The van der Waals surface area contributed by atoms with Crippen molar-refractivity contribution in [3.05, 3.63) is 46.6 Å². The molecule has 2 aliphatic heterocycles. The van der Waals surface area contributed by atoms with Gasteiger partial charge in [0.2, 0.25) is 0 Å². The van der Waals surface area contributed by atoms with Gasteiger partial charge in [-0.05, 0) is 76.8 Å². The van der Waals surface area contributed by atoms with E-state index in [0.29, 0.717) is 48.5 Å². The molecule has 3 aliphatic rings. The van der Waals surface area contributed by atoms with E-state index in [4.69, 9.17) is 16.9 Å². The Kier molecular flexibility index (Phi) is 9.81. The van der Waals surface area contributed by atoms with Crippen LogP contribution < -0.4 is 15.1 Å². The molecule has 0 spiro atoms. The summed E-state index contributed by atoms with van der Waals surface area (Å²) in [5.74, 6) is 0.514. The largest absolute Gasteiger partial charge is 0.372 e. The van der Waals surface area contributed by atoms with E-state index < -0.39 is 0 Å². The van der Waals surface area contributed by atoms with E-state index in [-0.39, 0.29) is 23.5 Å². The van der Waals surface area contributed by atoms with Crippen molar-refractivity contribution in [2.75, 3.05) is 69.2 Å². The van der Waals surface area contributed by atoms with Crippen LogP contribution >= 0.6 is 11.6 Å². The molecule has 2 saturated heterocycles. The zero-order chi connectivity index (χ0) is 31.4. The Hall–Kier alpha value is -3.62. The fourth-order valence-electron chi connectivity index (χ4n) is 6.40. The van der Waals surface area contributed by atoms with Crippen molar-refractivity contribution in [1.29, 1.82) is 5.26 Å². The van der Waals surface area contributed by atoms with E-state index in [9.17, 15) is 9.59 Å². The minimum atomic E-state index is -0.207. The molecule has 1 aromatic carbocycles. The normalized spacial score (nSPS) is 21.5. The number of amides is 3. The van der Waals surface area contributed by atoms with Crippen LogP contribution in [0, 0.1) is 11.3 Å². The zero-order valence-corrected chi connectivity index (χ0v) is 27.1. The molecule has 5 rings (SSSR count). The minimum Gasteiger partial charge on any atom is -0.372 e. The molecule has 44 heavy (non-hydrogen) atoms. The number of nitrogens with zero attached hydrogens (tertiary/aromatic N) is 8. The van der Waals surface area contributed by atoms with Gasteiger partial charge in [0.15, 0.2) is 11.5 Å². The predicted octanol–water partition coefficient (Wildman–Crippen LogP) is 3.84. The van der Waals surface area contributed by atoms with Crippen molar-refractivity contribution in [3.63, 3.8) is 0 Å². The second-order valence-corrected chi connectivity index (χ2v) is 13.5. The second-order valence-electron chi connectivity index (χ2n) is 13.0. The summed E-state index contributed by atoms with van der Waals surface area (Å²) in [7, 11) is 2.05. The van der Waals surface area contributed by atoms with Gasteiger partial charge in [-0.1, -0.05) is 11.6 Å². The number of halogens is 1. The molecule has 0 bridgehead atoms. The number of hydrogen-bond donors (Lipinski definition) is 1. The Balaban J connectivity index is 1.05. The number of hydrogen-bond acceptors (Lipinski definition) is 8. The van der Waals surface area contributed by atoms with Gasteiger partial charge < -0.3 is 24.9 Å². The van der Waals surface area contributed by atoms with Crippen LogP contribution in [0.3, 0.4) is 0 Å². The first-order valence-electron chi connectivity index (χ1n) is 15.6. The third-order valence-electron chi connectivity index (χ3n) is 9.32. The molecule has 3 heterocycles. The van der Waals surface area contributed by atoms with Crippen molar-refractivity contribution in [2.45, 2.75) is 64.1 Å². The maximum absolute atomic E-state index is 13.1. The van der Waals surface area contributed by atoms with Gasteiger partial charge in [0, 0.05) is 82.7 Å². The number of piperazine rings is 2. The third kappa shape index (κ3) is 7.36. The molecule has 1 aliphatic carbocycles. The van der Waals surface area contributed by atoms with Crippen LogP contribution in [-0.4, -0.2) is 114 Å². The Morgan fingerprint density at radius 1 is 0.932 bits per heavy atom. The van der Waals surface area contributed by atoms with Crippen LogP contribution in [0.1, 0.15) is 62.5 Å². The van der Waals surface area contributed by atoms with Gasteiger partial charge in [0.25, 0.3) is 5.91 Å². The average molecular weight is 622 g/mol. The lowest BCUT2D eigenvalue weighted by Gasteiger charge is -2.44. The minimum absolute atomic E-state index is 0.0835. The third-order valence-corrected chi connectivity index (χ3v) is 9.63. The lowest BCUT2D eigenvalue weighted by atomic mass is 9.90. The number of nitrogens with one attached hydrogen (secondary N) is 1. The highest BCUT2D eigenvalue weighted by Gasteiger charge is 2.32. The van der Waals surface area contributed by atoms with E-state index in [1.165, 1.54) is 0 Å². The Labute approximate surface area is 265 Å². The summed E-state index contributed by atoms with van der Waals surface area (Å²) in [6, 6.07) is 11.7. The van der Waals surface area contributed by atoms with E-state index in [2.05, 4.69) is 57.1 Å². The topological polar surface area (TPSA) is 112 Å². The first-order chi connectivity index (χ1) is 21.0. The molecular formula is C32H44ClN9O2. The summed E-state index contributed by atoms with van der Waals surface area (Å²) in [5, 5.41) is 21.3. The maximum Gasteiger partial charge on any atom is 0.320 e. The number of benzene rings is 1. The lowest BCUT2D eigenvalue weighted by Crippen LogP contribution is -2.59. The second kappa shape index (κ2) is 13.6. The number of carbonyl (C=O) groups is 2. The SMILES string of the molecule is CN(c1ccc(C#N)c(Cl)c1)C1CCC(NC(=O)c2ccc(N3CCN(C(=O)N4CCN(C(C)(C)C)CC4)CC3)nn2)CC1. The summed E-state index contributed by atoms with van der Waals surface area (Å²) < 4.78 is 0. The monoisotopic (exact) mass is 621 g/mol. The molecule has 2 aromatic rings.